The highest BCUT2D eigenvalue weighted by Crippen LogP contribution is 2.46. The SMILES string of the molecule is CCNC(=O)Nc1ncnc2c1ncn2C1OC(COc2ncccc2C(=O)O)C2O[C@H](/C=C/c3ccccc3)OC21.O=C(Nc1ncnc2c1ncn2C1OC(COc2ncccc2C(=O)O)C2O[C@H](c3ccccc3)OC21)NC1CC1. The first-order valence-corrected chi connectivity index (χ1v) is 26.4. The van der Waals surface area contributed by atoms with Crippen LogP contribution < -0.4 is 30.7 Å². The molecule has 6 aromatic heterocycles. The number of hydrogen-bond donors (Lipinski definition) is 6. The van der Waals surface area contributed by atoms with Crippen molar-refractivity contribution < 1.29 is 67.3 Å². The first-order valence-electron chi connectivity index (χ1n) is 26.4. The summed E-state index contributed by atoms with van der Waals surface area (Å²) in [4.78, 5) is 81.9. The predicted molar refractivity (Wildman–Crippen MR) is 288 cm³/mol. The molecule has 6 N–H and O–H groups in total. The van der Waals surface area contributed by atoms with Crippen molar-refractivity contribution in [2.24, 2.45) is 0 Å². The summed E-state index contributed by atoms with van der Waals surface area (Å²) in [5.41, 5.74) is 3.27. The maximum Gasteiger partial charge on any atom is 0.341 e. The molecule has 10 atom stereocenters. The van der Waals surface area contributed by atoms with E-state index in [2.05, 4.69) is 61.1 Å². The summed E-state index contributed by atoms with van der Waals surface area (Å²) in [6.07, 6.45) is 7.84. The van der Waals surface area contributed by atoms with E-state index in [1.165, 1.54) is 55.6 Å². The number of urea groups is 2. The number of imidazole rings is 2. The van der Waals surface area contributed by atoms with Crippen LogP contribution in [0.2, 0.25) is 0 Å². The van der Waals surface area contributed by atoms with Crippen LogP contribution >= 0.6 is 0 Å². The second-order valence-corrected chi connectivity index (χ2v) is 19.3. The topological polar surface area (TPSA) is 344 Å². The minimum atomic E-state index is -1.16. The number of carbonyl (C=O) groups excluding carboxylic acids is 2. The molecule has 8 unspecified atom stereocenters. The third-order valence-corrected chi connectivity index (χ3v) is 13.8. The van der Waals surface area contributed by atoms with Gasteiger partial charge in [-0.3, -0.25) is 19.8 Å². The molecule has 2 aromatic carbocycles. The minimum absolute atomic E-state index is 0.0249. The summed E-state index contributed by atoms with van der Waals surface area (Å²) in [6.45, 7) is 2.15. The number of hydrogen-bond acceptors (Lipinski definition) is 20. The molecule has 4 saturated heterocycles. The Labute approximate surface area is 470 Å². The van der Waals surface area contributed by atoms with Crippen molar-refractivity contribution >= 4 is 64.0 Å². The van der Waals surface area contributed by atoms with Gasteiger partial charge in [0.25, 0.3) is 0 Å². The molecule has 5 aliphatic rings. The number of carboxylic acid groups (broad SMARTS) is 2. The molecule has 0 radical (unpaired) electrons. The number of carbonyl (C=O) groups is 4. The van der Waals surface area contributed by atoms with Crippen LogP contribution in [-0.4, -0.2) is 152 Å². The van der Waals surface area contributed by atoms with Gasteiger partial charge in [0, 0.05) is 30.5 Å². The average Bonchev–Trinajstić information content (AvgIpc) is 3.11. The van der Waals surface area contributed by atoms with E-state index in [9.17, 15) is 29.4 Å². The van der Waals surface area contributed by atoms with Crippen LogP contribution in [0.15, 0.2) is 129 Å². The second-order valence-electron chi connectivity index (χ2n) is 19.3. The highest BCUT2D eigenvalue weighted by atomic mass is 16.8. The zero-order chi connectivity index (χ0) is 57.0. The Balaban J connectivity index is 0.000000164. The number of amides is 4. The van der Waals surface area contributed by atoms with Gasteiger partial charge in [-0.25, -0.2) is 59.0 Å². The van der Waals surface area contributed by atoms with E-state index in [4.69, 9.17) is 37.9 Å². The van der Waals surface area contributed by atoms with E-state index in [0.717, 1.165) is 24.0 Å². The Morgan fingerprint density at radius 3 is 1.67 bits per heavy atom. The van der Waals surface area contributed by atoms with Crippen LogP contribution in [-0.2, 0) is 28.4 Å². The van der Waals surface area contributed by atoms with Crippen molar-refractivity contribution in [3.8, 4) is 11.8 Å². The summed E-state index contributed by atoms with van der Waals surface area (Å²) in [5, 5.41) is 30.0. The molecular weight excluding hydrogens is 1080 g/mol. The predicted octanol–water partition coefficient (Wildman–Crippen LogP) is 5.52. The van der Waals surface area contributed by atoms with Gasteiger partial charge in [-0.15, -0.1) is 0 Å². The van der Waals surface area contributed by atoms with Gasteiger partial charge in [0.2, 0.25) is 11.8 Å². The quantitative estimate of drug-likeness (QED) is 0.0653. The van der Waals surface area contributed by atoms with E-state index < -0.39 is 79.6 Å². The standard InChI is InChI=1S/C28H27N7O7.C27H25N7O7/c1-2-29-28(38)34-23-20-24(32-14-31-23)35(15-33-20)26-22-21(41-19(42-22)11-10-16-7-4-3-5-8-16)18(40-26)13-39-25-17(27(36)37)9-6-12-30-25;35-25(36)16-7-4-10-28-23(16)38-11-17-19-20(41-26(40-19)14-5-2-1-3-6-14)24(39-17)34-13-31-18-21(29-12-30-22(18)34)33-27(37)32-15-8-9-15/h3-12,14-15,18-19,21-22,26H,2,13H2,1H3,(H,36,37)(H2,29,31,32,34,38);1-7,10,12-13,15,17,19-20,24,26H,8-9,11H2,(H,35,36)(H2,29,30,32,33,37)/b11-10+;/t18?,19-,21?,22?,26?;17?,19?,20?,24?,26-/m00/s1. The molecule has 4 aliphatic heterocycles. The lowest BCUT2D eigenvalue weighted by molar-refractivity contribution is -0.152. The van der Waals surface area contributed by atoms with Crippen LogP contribution in [0.3, 0.4) is 0 Å². The summed E-state index contributed by atoms with van der Waals surface area (Å²) >= 11 is 0. The minimum Gasteiger partial charge on any atom is -0.477 e. The number of aromatic nitrogens is 10. The van der Waals surface area contributed by atoms with Crippen molar-refractivity contribution in [2.45, 2.75) is 87.5 Å². The van der Waals surface area contributed by atoms with Gasteiger partial charge >= 0.3 is 24.0 Å². The molecule has 4 amide bonds. The van der Waals surface area contributed by atoms with Crippen LogP contribution in [0.25, 0.3) is 28.4 Å². The van der Waals surface area contributed by atoms with Gasteiger partial charge in [0.1, 0.15) is 73.6 Å². The largest absolute Gasteiger partial charge is 0.477 e. The number of benzene rings is 2. The maximum atomic E-state index is 12.4. The van der Waals surface area contributed by atoms with Crippen LogP contribution in [0.1, 0.15) is 70.4 Å². The molecule has 10 heterocycles. The van der Waals surface area contributed by atoms with Gasteiger partial charge in [-0.1, -0.05) is 66.7 Å². The van der Waals surface area contributed by atoms with Crippen molar-refractivity contribution in [1.29, 1.82) is 0 Å². The number of pyridine rings is 2. The van der Waals surface area contributed by atoms with Crippen molar-refractivity contribution in [1.82, 2.24) is 59.6 Å². The molecule has 0 bridgehead atoms. The fourth-order valence-electron chi connectivity index (χ4n) is 9.81. The Hall–Kier alpha value is -9.58. The Morgan fingerprint density at radius 1 is 0.602 bits per heavy atom. The molecule has 13 rings (SSSR count). The molecule has 28 heteroatoms. The molecular formula is C55H52N14O14. The maximum absolute atomic E-state index is 12.4. The normalized spacial score (nSPS) is 24.2. The summed E-state index contributed by atoms with van der Waals surface area (Å²) in [7, 11) is 0. The second kappa shape index (κ2) is 23.9. The first kappa shape index (κ1) is 54.0. The Kier molecular flexibility index (Phi) is 15.5. The lowest BCUT2D eigenvalue weighted by atomic mass is 10.1. The van der Waals surface area contributed by atoms with Crippen molar-refractivity contribution in [3.63, 3.8) is 0 Å². The third-order valence-electron chi connectivity index (χ3n) is 13.8. The average molecular weight is 1130 g/mol. The molecule has 83 heavy (non-hydrogen) atoms. The molecule has 0 spiro atoms. The van der Waals surface area contributed by atoms with E-state index in [-0.39, 0.29) is 59.8 Å². The number of nitrogens with one attached hydrogen (secondary N) is 4. The molecule has 28 nitrogen and oxygen atoms in total. The zero-order valence-corrected chi connectivity index (χ0v) is 43.9. The van der Waals surface area contributed by atoms with Crippen molar-refractivity contribution in [3.05, 3.63) is 151 Å². The molecule has 426 valence electrons. The fourth-order valence-corrected chi connectivity index (χ4v) is 9.81. The number of aromatic carboxylic acids is 2. The monoisotopic (exact) mass is 1130 g/mol. The van der Waals surface area contributed by atoms with Gasteiger partial charge in [-0.05, 0) is 55.7 Å². The smallest absolute Gasteiger partial charge is 0.341 e. The highest BCUT2D eigenvalue weighted by molar-refractivity contribution is 5.97. The summed E-state index contributed by atoms with van der Waals surface area (Å²) in [6, 6.07) is 24.5. The third kappa shape index (κ3) is 11.7. The summed E-state index contributed by atoms with van der Waals surface area (Å²) < 4.78 is 53.0. The van der Waals surface area contributed by atoms with Crippen molar-refractivity contribution in [2.75, 3.05) is 30.4 Å². The first-order chi connectivity index (χ1) is 40.6. The number of ether oxygens (including phenoxy) is 8. The Bertz CT molecular complexity index is 3680. The molecule has 1 saturated carbocycles. The lowest BCUT2D eigenvalue weighted by Crippen LogP contribution is -2.33. The number of anilines is 2. The Morgan fingerprint density at radius 2 is 1.12 bits per heavy atom. The van der Waals surface area contributed by atoms with Crippen LogP contribution in [0.5, 0.6) is 11.8 Å². The van der Waals surface area contributed by atoms with E-state index >= 15 is 0 Å². The van der Waals surface area contributed by atoms with Crippen LogP contribution in [0.4, 0.5) is 21.2 Å². The van der Waals surface area contributed by atoms with Gasteiger partial charge in [0.15, 0.2) is 59.0 Å². The lowest BCUT2D eigenvalue weighted by Gasteiger charge is -2.21. The number of nitrogens with zero attached hydrogens (tertiary/aromatic N) is 10. The summed E-state index contributed by atoms with van der Waals surface area (Å²) in [5.74, 6) is -1.86. The number of fused-ring (bicyclic) bond motifs is 4. The zero-order valence-electron chi connectivity index (χ0n) is 43.9. The van der Waals surface area contributed by atoms with E-state index in [1.807, 2.05) is 72.8 Å². The van der Waals surface area contributed by atoms with Gasteiger partial charge in [-0.2, -0.15) is 0 Å². The molecule has 1 aliphatic carbocycles. The van der Waals surface area contributed by atoms with Gasteiger partial charge < -0.3 is 58.7 Å². The van der Waals surface area contributed by atoms with Gasteiger partial charge in [0.05, 0.1) is 12.7 Å². The molecule has 5 fully saturated rings. The van der Waals surface area contributed by atoms with E-state index in [1.54, 1.807) is 22.4 Å². The van der Waals surface area contributed by atoms with Crippen LogP contribution in [0, 0.1) is 0 Å². The molecule has 8 aromatic rings. The highest BCUT2D eigenvalue weighted by Gasteiger charge is 2.55. The number of carboxylic acids is 2. The van der Waals surface area contributed by atoms with E-state index in [0.29, 0.717) is 28.9 Å². The number of rotatable bonds is 17. The fraction of sp³-hybridized carbons (Fsp3) is 0.309.